The van der Waals surface area contributed by atoms with E-state index in [1.807, 2.05) is 18.2 Å². The first kappa shape index (κ1) is 17.5. The SMILES string of the molecule is O=c1[nH]c(=O)n(-c2ccc(Cl)cc2)c(O)c1/C=C1\C=Nc2ccc(Br)cc21. The lowest BCUT2D eigenvalue weighted by Gasteiger charge is -2.10. The van der Waals surface area contributed by atoms with Gasteiger partial charge in [-0.3, -0.25) is 14.8 Å². The van der Waals surface area contributed by atoms with E-state index in [1.54, 1.807) is 30.5 Å². The van der Waals surface area contributed by atoms with Gasteiger partial charge in [-0.05, 0) is 48.5 Å². The molecule has 1 aromatic heterocycles. The van der Waals surface area contributed by atoms with E-state index in [-0.39, 0.29) is 5.56 Å². The Bertz CT molecular complexity index is 1240. The summed E-state index contributed by atoms with van der Waals surface area (Å²) in [6.45, 7) is 0. The van der Waals surface area contributed by atoms with Crippen LogP contribution in [-0.2, 0) is 0 Å². The third-order valence-electron chi connectivity index (χ3n) is 4.12. The molecular weight excluding hydrogens is 434 g/mol. The number of rotatable bonds is 2. The van der Waals surface area contributed by atoms with Gasteiger partial charge in [-0.1, -0.05) is 27.5 Å². The third kappa shape index (κ3) is 3.15. The van der Waals surface area contributed by atoms with Crippen molar-refractivity contribution in [2.45, 2.75) is 0 Å². The number of nitrogens with zero attached hydrogens (tertiary/aromatic N) is 2. The van der Waals surface area contributed by atoms with Crippen molar-refractivity contribution in [3.05, 3.63) is 83.9 Å². The number of fused-ring (bicyclic) bond motifs is 1. The highest BCUT2D eigenvalue weighted by atomic mass is 79.9. The van der Waals surface area contributed by atoms with Crippen molar-refractivity contribution in [1.29, 1.82) is 0 Å². The molecule has 2 aromatic carbocycles. The molecule has 8 heteroatoms. The van der Waals surface area contributed by atoms with Crippen molar-refractivity contribution in [2.24, 2.45) is 4.99 Å². The molecule has 2 N–H and O–H groups in total. The van der Waals surface area contributed by atoms with Gasteiger partial charge in [0.15, 0.2) is 0 Å². The van der Waals surface area contributed by atoms with Crippen LogP contribution in [0.4, 0.5) is 5.69 Å². The van der Waals surface area contributed by atoms with E-state index in [0.717, 1.165) is 20.3 Å². The number of allylic oxidation sites excluding steroid dienone is 1. The fourth-order valence-electron chi connectivity index (χ4n) is 2.83. The van der Waals surface area contributed by atoms with Crippen molar-refractivity contribution in [2.75, 3.05) is 0 Å². The summed E-state index contributed by atoms with van der Waals surface area (Å²) < 4.78 is 1.87. The molecule has 0 radical (unpaired) electrons. The normalized spacial score (nSPS) is 13.9. The summed E-state index contributed by atoms with van der Waals surface area (Å²) in [6, 6.07) is 11.9. The molecule has 0 spiro atoms. The first-order valence-corrected chi connectivity index (χ1v) is 9.01. The number of aliphatic imine (C=N–C) groups is 1. The highest BCUT2D eigenvalue weighted by Crippen LogP contribution is 2.35. The van der Waals surface area contributed by atoms with Gasteiger partial charge in [0.2, 0.25) is 5.88 Å². The molecule has 3 aromatic rings. The average molecular weight is 445 g/mol. The van der Waals surface area contributed by atoms with E-state index < -0.39 is 17.1 Å². The first-order chi connectivity index (χ1) is 12.9. The molecule has 1 aliphatic rings. The minimum Gasteiger partial charge on any atom is -0.494 e. The standard InChI is InChI=1S/C19H11BrClN3O3/c20-11-1-6-16-14(8-11)10(9-22-16)7-15-17(25)23-19(27)24(18(15)26)13-4-2-12(21)3-5-13/h1-9,26H,(H,23,25,27)/b10-7+. The molecule has 0 saturated heterocycles. The summed E-state index contributed by atoms with van der Waals surface area (Å²) >= 11 is 9.28. The molecule has 6 nitrogen and oxygen atoms in total. The Morgan fingerprint density at radius 1 is 1.15 bits per heavy atom. The molecule has 0 atom stereocenters. The van der Waals surface area contributed by atoms with Gasteiger partial charge in [0, 0.05) is 26.8 Å². The van der Waals surface area contributed by atoms with Gasteiger partial charge in [-0.15, -0.1) is 0 Å². The average Bonchev–Trinajstić information content (AvgIpc) is 3.02. The number of aromatic amines is 1. The second-order valence-electron chi connectivity index (χ2n) is 5.83. The molecule has 0 unspecified atom stereocenters. The molecule has 27 heavy (non-hydrogen) atoms. The molecule has 0 bridgehead atoms. The first-order valence-electron chi connectivity index (χ1n) is 7.84. The van der Waals surface area contributed by atoms with Gasteiger partial charge >= 0.3 is 5.69 Å². The van der Waals surface area contributed by atoms with Gasteiger partial charge in [0.05, 0.1) is 11.4 Å². The second kappa shape index (κ2) is 6.68. The Kier molecular flexibility index (Phi) is 4.33. The minimum absolute atomic E-state index is 0.0428. The van der Waals surface area contributed by atoms with Crippen LogP contribution in [0, 0.1) is 0 Å². The fourth-order valence-corrected chi connectivity index (χ4v) is 3.32. The van der Waals surface area contributed by atoms with Gasteiger partial charge in [-0.2, -0.15) is 0 Å². The fraction of sp³-hybridized carbons (Fsp3) is 0. The van der Waals surface area contributed by atoms with E-state index in [0.29, 0.717) is 16.3 Å². The smallest absolute Gasteiger partial charge is 0.335 e. The number of hydrogen-bond donors (Lipinski definition) is 2. The molecule has 0 fully saturated rings. The van der Waals surface area contributed by atoms with Gasteiger partial charge in [0.1, 0.15) is 5.56 Å². The van der Waals surface area contributed by atoms with Gasteiger partial charge < -0.3 is 5.11 Å². The van der Waals surface area contributed by atoms with Crippen LogP contribution >= 0.6 is 27.5 Å². The van der Waals surface area contributed by atoms with E-state index in [1.165, 1.54) is 6.08 Å². The lowest BCUT2D eigenvalue weighted by molar-refractivity contribution is 0.429. The molecular formula is C19H11BrClN3O3. The Morgan fingerprint density at radius 3 is 2.63 bits per heavy atom. The lowest BCUT2D eigenvalue weighted by Crippen LogP contribution is -2.30. The maximum absolute atomic E-state index is 12.3. The van der Waals surface area contributed by atoms with Crippen molar-refractivity contribution < 1.29 is 5.11 Å². The molecule has 2 heterocycles. The molecule has 0 aliphatic carbocycles. The van der Waals surface area contributed by atoms with Crippen LogP contribution < -0.4 is 11.2 Å². The predicted octanol–water partition coefficient (Wildman–Crippen LogP) is 3.90. The summed E-state index contributed by atoms with van der Waals surface area (Å²) in [5.74, 6) is -0.463. The zero-order chi connectivity index (χ0) is 19.1. The van der Waals surface area contributed by atoms with Crippen LogP contribution in [0.3, 0.4) is 0 Å². The van der Waals surface area contributed by atoms with Crippen LogP contribution in [0.5, 0.6) is 5.88 Å². The van der Waals surface area contributed by atoms with Crippen LogP contribution in [-0.4, -0.2) is 20.9 Å². The summed E-state index contributed by atoms with van der Waals surface area (Å²) in [5.41, 5.74) is 1.12. The summed E-state index contributed by atoms with van der Waals surface area (Å²) in [7, 11) is 0. The van der Waals surface area contributed by atoms with Gasteiger partial charge in [-0.25, -0.2) is 9.36 Å². The number of nitrogens with one attached hydrogen (secondary N) is 1. The monoisotopic (exact) mass is 443 g/mol. The van der Waals surface area contributed by atoms with E-state index in [9.17, 15) is 14.7 Å². The quantitative estimate of drug-likeness (QED) is 0.628. The zero-order valence-corrected chi connectivity index (χ0v) is 16.0. The topological polar surface area (TPSA) is 87.5 Å². The molecule has 1 aliphatic heterocycles. The Morgan fingerprint density at radius 2 is 1.89 bits per heavy atom. The van der Waals surface area contributed by atoms with Crippen molar-refractivity contribution in [3.63, 3.8) is 0 Å². The van der Waals surface area contributed by atoms with E-state index in [2.05, 4.69) is 25.9 Å². The number of benzene rings is 2. The number of H-pyrrole nitrogens is 1. The molecule has 0 saturated carbocycles. The number of hydrogen-bond acceptors (Lipinski definition) is 4. The maximum Gasteiger partial charge on any atom is 0.335 e. The largest absolute Gasteiger partial charge is 0.494 e. The van der Waals surface area contributed by atoms with Crippen molar-refractivity contribution in [3.8, 4) is 11.6 Å². The maximum atomic E-state index is 12.3. The highest BCUT2D eigenvalue weighted by molar-refractivity contribution is 9.10. The second-order valence-corrected chi connectivity index (χ2v) is 7.18. The summed E-state index contributed by atoms with van der Waals surface area (Å²) in [4.78, 5) is 31.1. The number of halogens is 2. The van der Waals surface area contributed by atoms with Crippen molar-refractivity contribution >= 4 is 51.1 Å². The Balaban J connectivity index is 1.91. The minimum atomic E-state index is -0.745. The Hall–Kier alpha value is -2.90. The molecule has 0 amide bonds. The van der Waals surface area contributed by atoms with Crippen LogP contribution in [0.1, 0.15) is 11.1 Å². The van der Waals surface area contributed by atoms with Gasteiger partial charge in [0.25, 0.3) is 5.56 Å². The molecule has 134 valence electrons. The summed E-state index contributed by atoms with van der Waals surface area (Å²) in [5, 5.41) is 11.1. The third-order valence-corrected chi connectivity index (χ3v) is 4.86. The van der Waals surface area contributed by atoms with Crippen LogP contribution in [0.15, 0.2) is 61.5 Å². The highest BCUT2D eigenvalue weighted by Gasteiger charge is 2.18. The summed E-state index contributed by atoms with van der Waals surface area (Å²) in [6.07, 6.45) is 3.11. The predicted molar refractivity (Wildman–Crippen MR) is 109 cm³/mol. The molecule has 4 rings (SSSR count). The lowest BCUT2D eigenvalue weighted by atomic mass is 10.1. The number of aromatic nitrogens is 2. The number of aromatic hydroxyl groups is 1. The van der Waals surface area contributed by atoms with E-state index in [4.69, 9.17) is 11.6 Å². The van der Waals surface area contributed by atoms with Crippen LogP contribution in [0.2, 0.25) is 5.02 Å². The van der Waals surface area contributed by atoms with E-state index >= 15 is 0 Å². The zero-order valence-electron chi connectivity index (χ0n) is 13.6. The Labute approximate surface area is 166 Å². The van der Waals surface area contributed by atoms with Crippen LogP contribution in [0.25, 0.3) is 17.3 Å². The van der Waals surface area contributed by atoms with Crippen molar-refractivity contribution in [1.82, 2.24) is 9.55 Å².